The minimum atomic E-state index is -0.252. The van der Waals surface area contributed by atoms with Crippen molar-refractivity contribution >= 4 is 28.3 Å². The fourth-order valence-corrected chi connectivity index (χ4v) is 5.83. The summed E-state index contributed by atoms with van der Waals surface area (Å²) in [6.45, 7) is 2.32. The Kier molecular flexibility index (Phi) is 5.97. The number of H-pyrrole nitrogens is 1. The van der Waals surface area contributed by atoms with Crippen molar-refractivity contribution in [2.75, 3.05) is 27.3 Å². The van der Waals surface area contributed by atoms with E-state index in [9.17, 15) is 4.79 Å². The molecular formula is C28H29ClN4O3. The largest absolute Gasteiger partial charge is 0.493 e. The van der Waals surface area contributed by atoms with Gasteiger partial charge in [-0.05, 0) is 68.2 Å². The summed E-state index contributed by atoms with van der Waals surface area (Å²) in [5, 5.41) is 8.66. The number of Topliss-reactive ketones (excluding diaryl/α,β-unsaturated/α-hetero) is 1. The topological polar surface area (TPSA) is 72.4 Å². The average Bonchev–Trinajstić information content (AvgIpc) is 3.62. The lowest BCUT2D eigenvalue weighted by molar-refractivity contribution is 0.0856. The summed E-state index contributed by atoms with van der Waals surface area (Å²) in [7, 11) is 3.81. The van der Waals surface area contributed by atoms with Crippen LogP contribution in [0.5, 0.6) is 11.6 Å². The summed E-state index contributed by atoms with van der Waals surface area (Å²) in [6.07, 6.45) is 6.79. The molecule has 2 aliphatic rings. The predicted molar refractivity (Wildman–Crippen MR) is 140 cm³/mol. The lowest BCUT2D eigenvalue weighted by Gasteiger charge is -2.24. The van der Waals surface area contributed by atoms with Gasteiger partial charge in [-0.25, -0.2) is 5.10 Å². The van der Waals surface area contributed by atoms with Gasteiger partial charge in [0.1, 0.15) is 5.75 Å². The molecule has 0 amide bonds. The maximum absolute atomic E-state index is 13.9. The molecule has 0 bridgehead atoms. The Morgan fingerprint density at radius 1 is 1.28 bits per heavy atom. The summed E-state index contributed by atoms with van der Waals surface area (Å²) in [6, 6.07) is 12.3. The van der Waals surface area contributed by atoms with Gasteiger partial charge in [0.25, 0.3) is 0 Å². The average molecular weight is 505 g/mol. The molecule has 186 valence electrons. The zero-order valence-electron chi connectivity index (χ0n) is 20.5. The first-order valence-electron chi connectivity index (χ1n) is 12.4. The lowest BCUT2D eigenvalue weighted by atomic mass is 9.89. The molecular weight excluding hydrogens is 476 g/mol. The molecule has 4 aromatic rings. The van der Waals surface area contributed by atoms with Crippen LogP contribution in [0.4, 0.5) is 0 Å². The Hall–Kier alpha value is -3.29. The number of aromatic nitrogens is 3. The van der Waals surface area contributed by atoms with E-state index < -0.39 is 0 Å². The Morgan fingerprint density at radius 3 is 2.97 bits per heavy atom. The van der Waals surface area contributed by atoms with Crippen molar-refractivity contribution in [3.8, 4) is 22.8 Å². The summed E-state index contributed by atoms with van der Waals surface area (Å²) in [5.74, 6) is 1.29. The number of likely N-dealkylation sites (tertiary alicyclic amines) is 1. The number of nitrogens with one attached hydrogen (secondary N) is 1. The molecule has 1 unspecified atom stereocenters. The lowest BCUT2D eigenvalue weighted by Crippen LogP contribution is -2.29. The first-order chi connectivity index (χ1) is 17.5. The van der Waals surface area contributed by atoms with Crippen molar-refractivity contribution in [2.45, 2.75) is 31.8 Å². The molecule has 6 rings (SSSR count). The predicted octanol–water partition coefficient (Wildman–Crippen LogP) is 5.22. The summed E-state index contributed by atoms with van der Waals surface area (Å²) < 4.78 is 13.7. The molecule has 8 heteroatoms. The van der Waals surface area contributed by atoms with Crippen molar-refractivity contribution in [1.29, 1.82) is 0 Å². The van der Waals surface area contributed by atoms with Crippen LogP contribution in [0.2, 0.25) is 5.02 Å². The van der Waals surface area contributed by atoms with Crippen LogP contribution in [0.15, 0.2) is 48.8 Å². The highest BCUT2D eigenvalue weighted by Gasteiger charge is 2.30. The quantitative estimate of drug-likeness (QED) is 0.364. The van der Waals surface area contributed by atoms with E-state index in [1.807, 2.05) is 36.5 Å². The molecule has 1 fully saturated rings. The second kappa shape index (κ2) is 9.30. The molecule has 36 heavy (non-hydrogen) atoms. The Balaban J connectivity index is 1.40. The molecule has 1 N–H and O–H groups in total. The highest BCUT2D eigenvalue weighted by atomic mass is 35.5. The second-order valence-corrected chi connectivity index (χ2v) is 10.3. The first kappa shape index (κ1) is 23.1. The monoisotopic (exact) mass is 504 g/mol. The fraction of sp³-hybridized carbons (Fsp3) is 0.357. The molecule has 0 spiro atoms. The third-order valence-corrected chi connectivity index (χ3v) is 7.88. The van der Waals surface area contributed by atoms with Gasteiger partial charge in [0, 0.05) is 40.3 Å². The van der Waals surface area contributed by atoms with Gasteiger partial charge in [-0.3, -0.25) is 4.79 Å². The molecule has 0 radical (unpaired) electrons. The van der Waals surface area contributed by atoms with E-state index in [1.54, 1.807) is 13.3 Å². The molecule has 2 aliphatic heterocycles. The van der Waals surface area contributed by atoms with E-state index in [4.69, 9.17) is 21.1 Å². The van der Waals surface area contributed by atoms with E-state index in [-0.39, 0.29) is 11.7 Å². The van der Waals surface area contributed by atoms with Gasteiger partial charge >= 0.3 is 0 Å². The number of rotatable bonds is 6. The smallest absolute Gasteiger partial charge is 0.216 e. The first-order valence-corrected chi connectivity index (χ1v) is 12.8. The Labute approximate surface area is 214 Å². The molecule has 0 saturated carbocycles. The van der Waals surface area contributed by atoms with Crippen molar-refractivity contribution in [2.24, 2.45) is 5.92 Å². The van der Waals surface area contributed by atoms with Crippen molar-refractivity contribution in [1.82, 2.24) is 19.7 Å². The Bertz CT molecular complexity index is 1440. The number of benzene rings is 2. The minimum Gasteiger partial charge on any atom is -0.493 e. The summed E-state index contributed by atoms with van der Waals surface area (Å²) in [5.41, 5.74) is 4.66. The van der Waals surface area contributed by atoms with Gasteiger partial charge < -0.3 is 18.9 Å². The van der Waals surface area contributed by atoms with Gasteiger partial charge in [-0.2, -0.15) is 5.10 Å². The zero-order chi connectivity index (χ0) is 24.8. The molecule has 2 atom stereocenters. The number of fused-ring (bicyclic) bond motifs is 2. The van der Waals surface area contributed by atoms with Crippen LogP contribution in [0, 0.1) is 5.92 Å². The maximum Gasteiger partial charge on any atom is 0.216 e. The number of carbonyl (C=O) groups is 1. The van der Waals surface area contributed by atoms with Gasteiger partial charge in [0.05, 0.1) is 31.4 Å². The van der Waals surface area contributed by atoms with E-state index in [1.165, 1.54) is 6.42 Å². The molecule has 4 heterocycles. The number of hydrogen-bond acceptors (Lipinski definition) is 5. The van der Waals surface area contributed by atoms with Crippen LogP contribution in [-0.2, 0) is 13.0 Å². The highest BCUT2D eigenvalue weighted by Crippen LogP contribution is 2.36. The SMILES string of the molecule is COc1[nH]ncc1-c1ccc2c(C(=O)C3COc4ccc(Cl)cc4C3)cn(C[C@@H]3CCCN3C)c2c1. The Morgan fingerprint density at radius 2 is 2.17 bits per heavy atom. The van der Waals surface area contributed by atoms with Crippen molar-refractivity contribution in [3.05, 3.63) is 64.9 Å². The van der Waals surface area contributed by atoms with Gasteiger partial charge in [-0.1, -0.05) is 23.7 Å². The number of methoxy groups -OCH3 is 1. The van der Waals surface area contributed by atoms with E-state index in [0.29, 0.717) is 30.0 Å². The summed E-state index contributed by atoms with van der Waals surface area (Å²) in [4.78, 5) is 16.3. The van der Waals surface area contributed by atoms with Gasteiger partial charge in [-0.15, -0.1) is 0 Å². The van der Waals surface area contributed by atoms with Crippen LogP contribution in [0.3, 0.4) is 0 Å². The van der Waals surface area contributed by atoms with E-state index >= 15 is 0 Å². The normalized spacial score (nSPS) is 19.9. The number of hydrogen-bond donors (Lipinski definition) is 1. The van der Waals surface area contributed by atoms with Crippen molar-refractivity contribution < 1.29 is 14.3 Å². The van der Waals surface area contributed by atoms with Gasteiger partial charge in [0.15, 0.2) is 5.78 Å². The third-order valence-electron chi connectivity index (χ3n) is 7.65. The standard InChI is InChI=1S/C28H29ClN4O3/c1-32-9-3-4-21(32)14-33-15-24(27(34)19-10-18-11-20(29)6-8-26(18)36-16-19)22-7-5-17(12-25(22)33)23-13-30-31-28(23)35-2/h5-8,11-13,15,19,21H,3-4,9-10,14,16H2,1-2H3,(H,30,31)/t19?,21-/m0/s1. The molecule has 2 aromatic carbocycles. The fourth-order valence-electron chi connectivity index (χ4n) is 5.63. The summed E-state index contributed by atoms with van der Waals surface area (Å²) >= 11 is 6.21. The van der Waals surface area contributed by atoms with Crippen LogP contribution in [0.25, 0.3) is 22.0 Å². The number of aromatic amines is 1. The van der Waals surface area contributed by atoms with Crippen LogP contribution >= 0.6 is 11.6 Å². The third kappa shape index (κ3) is 4.06. The molecule has 0 aliphatic carbocycles. The number of nitrogens with zero attached hydrogens (tertiary/aromatic N) is 3. The molecule has 2 aromatic heterocycles. The van der Waals surface area contributed by atoms with Crippen LogP contribution < -0.4 is 9.47 Å². The molecule has 1 saturated heterocycles. The highest BCUT2D eigenvalue weighted by molar-refractivity contribution is 6.30. The van der Waals surface area contributed by atoms with Crippen LogP contribution in [0.1, 0.15) is 28.8 Å². The van der Waals surface area contributed by atoms with E-state index in [0.717, 1.165) is 58.4 Å². The number of ketones is 1. The minimum absolute atomic E-state index is 0.109. The number of carbonyl (C=O) groups excluding carboxylic acids is 1. The van der Waals surface area contributed by atoms with Crippen LogP contribution in [-0.4, -0.2) is 58.8 Å². The van der Waals surface area contributed by atoms with E-state index in [2.05, 4.69) is 32.8 Å². The number of halogens is 1. The number of ether oxygens (including phenoxy) is 2. The molecule has 7 nitrogen and oxygen atoms in total. The van der Waals surface area contributed by atoms with Crippen molar-refractivity contribution in [3.63, 3.8) is 0 Å². The zero-order valence-corrected chi connectivity index (χ0v) is 21.2. The van der Waals surface area contributed by atoms with Gasteiger partial charge in [0.2, 0.25) is 5.88 Å². The maximum atomic E-state index is 13.9. The number of likely N-dealkylation sites (N-methyl/N-ethyl adjacent to an activating group) is 1. The second-order valence-electron chi connectivity index (χ2n) is 9.85.